The number of rotatable bonds is 6. The second-order valence-corrected chi connectivity index (χ2v) is 4.54. The van der Waals surface area contributed by atoms with E-state index < -0.39 is 0 Å². The molecular weight excluding hydrogens is 268 g/mol. The summed E-state index contributed by atoms with van der Waals surface area (Å²) in [6.07, 6.45) is 5.70. The van der Waals surface area contributed by atoms with E-state index in [4.69, 9.17) is 0 Å². The van der Waals surface area contributed by atoms with E-state index in [-0.39, 0.29) is 18.4 Å². The van der Waals surface area contributed by atoms with Crippen molar-refractivity contribution in [3.63, 3.8) is 0 Å². The summed E-state index contributed by atoms with van der Waals surface area (Å²) in [6.45, 7) is 2.19. The summed E-state index contributed by atoms with van der Waals surface area (Å²) >= 11 is 0. The maximum absolute atomic E-state index is 11.6. The van der Waals surface area contributed by atoms with Crippen LogP contribution in [0.5, 0.6) is 0 Å². The number of carbonyl (C=O) groups excluding carboxylic acids is 2. The molecule has 0 spiro atoms. The van der Waals surface area contributed by atoms with Crippen molar-refractivity contribution in [1.29, 1.82) is 0 Å². The summed E-state index contributed by atoms with van der Waals surface area (Å²) in [7, 11) is 0. The minimum absolute atomic E-state index is 0.0137. The van der Waals surface area contributed by atoms with E-state index in [0.717, 1.165) is 11.3 Å². The van der Waals surface area contributed by atoms with E-state index in [9.17, 15) is 9.59 Å². The van der Waals surface area contributed by atoms with Crippen molar-refractivity contribution < 1.29 is 9.59 Å². The Morgan fingerprint density at radius 2 is 1.90 bits per heavy atom. The van der Waals surface area contributed by atoms with Gasteiger partial charge in [-0.15, -0.1) is 0 Å². The first kappa shape index (κ1) is 14.8. The molecule has 2 aromatic rings. The van der Waals surface area contributed by atoms with Gasteiger partial charge in [-0.3, -0.25) is 9.59 Å². The maximum atomic E-state index is 11.6. The monoisotopic (exact) mass is 286 g/mol. The lowest BCUT2D eigenvalue weighted by Gasteiger charge is -2.07. The molecule has 2 rings (SSSR count). The Morgan fingerprint density at radius 3 is 2.52 bits per heavy atom. The first-order chi connectivity index (χ1) is 10.2. The van der Waals surface area contributed by atoms with Crippen LogP contribution in [0.2, 0.25) is 0 Å². The largest absolute Gasteiger partial charge is 0.350 e. The molecule has 0 bridgehead atoms. The Kier molecular flexibility index (Phi) is 5.09. The van der Waals surface area contributed by atoms with Crippen molar-refractivity contribution in [2.75, 3.05) is 6.54 Å². The van der Waals surface area contributed by atoms with E-state index in [0.29, 0.717) is 13.0 Å². The van der Waals surface area contributed by atoms with Crippen LogP contribution in [0.1, 0.15) is 18.9 Å². The quantitative estimate of drug-likeness (QED) is 0.832. The average Bonchev–Trinajstić information content (AvgIpc) is 3.05. The highest BCUT2D eigenvalue weighted by molar-refractivity contribution is 5.84. The van der Waals surface area contributed by atoms with E-state index in [1.807, 2.05) is 35.0 Å². The van der Waals surface area contributed by atoms with Gasteiger partial charge in [-0.25, -0.2) is 4.98 Å². The minimum Gasteiger partial charge on any atom is -0.350 e. The molecule has 0 aliphatic rings. The minimum atomic E-state index is -0.199. The molecule has 0 saturated heterocycles. The molecule has 1 heterocycles. The van der Waals surface area contributed by atoms with Crippen molar-refractivity contribution in [3.05, 3.63) is 48.5 Å². The molecule has 110 valence electrons. The zero-order valence-electron chi connectivity index (χ0n) is 11.9. The number of aromatic nitrogens is 2. The lowest BCUT2D eigenvalue weighted by atomic mass is 10.2. The summed E-state index contributed by atoms with van der Waals surface area (Å²) in [5, 5.41) is 5.29. The van der Waals surface area contributed by atoms with Crippen LogP contribution >= 0.6 is 0 Å². The fourth-order valence-corrected chi connectivity index (χ4v) is 1.76. The van der Waals surface area contributed by atoms with Crippen molar-refractivity contribution in [1.82, 2.24) is 20.2 Å². The van der Waals surface area contributed by atoms with Crippen LogP contribution in [-0.2, 0) is 16.1 Å². The first-order valence-electron chi connectivity index (χ1n) is 6.79. The van der Waals surface area contributed by atoms with Gasteiger partial charge in [-0.2, -0.15) is 0 Å². The van der Waals surface area contributed by atoms with E-state index in [1.54, 1.807) is 19.4 Å². The van der Waals surface area contributed by atoms with E-state index in [1.165, 1.54) is 0 Å². The number of hydrogen-bond donors (Lipinski definition) is 2. The van der Waals surface area contributed by atoms with Crippen molar-refractivity contribution >= 4 is 11.8 Å². The zero-order chi connectivity index (χ0) is 15.1. The third-order valence-electron chi connectivity index (χ3n) is 3.00. The average molecular weight is 286 g/mol. The lowest BCUT2D eigenvalue weighted by Crippen LogP contribution is -2.36. The van der Waals surface area contributed by atoms with Gasteiger partial charge in [0.05, 0.1) is 12.9 Å². The van der Waals surface area contributed by atoms with Crippen LogP contribution in [0, 0.1) is 0 Å². The molecule has 0 radical (unpaired) electrons. The topological polar surface area (TPSA) is 76.0 Å². The molecular formula is C15H18N4O2. The van der Waals surface area contributed by atoms with Gasteiger partial charge in [0.1, 0.15) is 0 Å². The molecule has 0 aliphatic carbocycles. The molecule has 0 aliphatic heterocycles. The molecule has 1 aromatic heterocycles. The molecule has 2 amide bonds. The molecule has 2 N–H and O–H groups in total. The highest BCUT2D eigenvalue weighted by Crippen LogP contribution is 2.08. The molecule has 6 nitrogen and oxygen atoms in total. The Morgan fingerprint density at radius 1 is 1.14 bits per heavy atom. The predicted molar refractivity (Wildman–Crippen MR) is 78.7 cm³/mol. The standard InChI is InChI=1S/C15H18N4O2/c1-2-14(20)18-10-15(21)17-9-12-3-5-13(6-4-12)19-8-7-16-11-19/h3-8,11H,2,9-10H2,1H3,(H,17,21)(H,18,20). The van der Waals surface area contributed by atoms with Crippen molar-refractivity contribution in [2.24, 2.45) is 0 Å². The number of nitrogens with zero attached hydrogens (tertiary/aromatic N) is 2. The number of benzene rings is 1. The highest BCUT2D eigenvalue weighted by atomic mass is 16.2. The summed E-state index contributed by atoms with van der Waals surface area (Å²) in [5.74, 6) is -0.328. The van der Waals surface area contributed by atoms with Gasteiger partial charge in [0, 0.05) is 31.0 Å². The summed E-state index contributed by atoms with van der Waals surface area (Å²) in [5.41, 5.74) is 2.01. The van der Waals surface area contributed by atoms with Gasteiger partial charge in [-0.1, -0.05) is 19.1 Å². The maximum Gasteiger partial charge on any atom is 0.239 e. The summed E-state index contributed by atoms with van der Waals surface area (Å²) in [6, 6.07) is 7.81. The fourth-order valence-electron chi connectivity index (χ4n) is 1.76. The fraction of sp³-hybridized carbons (Fsp3) is 0.267. The number of nitrogens with one attached hydrogen (secondary N) is 2. The van der Waals surface area contributed by atoms with Crippen LogP contribution in [0.4, 0.5) is 0 Å². The first-order valence-corrected chi connectivity index (χ1v) is 6.79. The predicted octanol–water partition coefficient (Wildman–Crippen LogP) is 1.01. The normalized spacial score (nSPS) is 10.1. The molecule has 0 atom stereocenters. The number of imidazole rings is 1. The second kappa shape index (κ2) is 7.23. The Balaban J connectivity index is 1.81. The zero-order valence-corrected chi connectivity index (χ0v) is 11.9. The van der Waals surface area contributed by atoms with Gasteiger partial charge in [0.15, 0.2) is 0 Å². The molecule has 0 fully saturated rings. The van der Waals surface area contributed by atoms with Crippen LogP contribution in [0.15, 0.2) is 43.0 Å². The summed E-state index contributed by atoms with van der Waals surface area (Å²) in [4.78, 5) is 26.6. The molecule has 6 heteroatoms. The van der Waals surface area contributed by atoms with E-state index in [2.05, 4.69) is 15.6 Å². The van der Waals surface area contributed by atoms with Gasteiger partial charge < -0.3 is 15.2 Å². The van der Waals surface area contributed by atoms with Gasteiger partial charge in [0.25, 0.3) is 0 Å². The van der Waals surface area contributed by atoms with Crippen LogP contribution in [-0.4, -0.2) is 27.9 Å². The van der Waals surface area contributed by atoms with Crippen LogP contribution < -0.4 is 10.6 Å². The molecule has 21 heavy (non-hydrogen) atoms. The second-order valence-electron chi connectivity index (χ2n) is 4.54. The van der Waals surface area contributed by atoms with Gasteiger partial charge in [-0.05, 0) is 17.7 Å². The van der Waals surface area contributed by atoms with Crippen molar-refractivity contribution in [2.45, 2.75) is 19.9 Å². The smallest absolute Gasteiger partial charge is 0.239 e. The molecule has 0 unspecified atom stereocenters. The van der Waals surface area contributed by atoms with Gasteiger partial charge in [0.2, 0.25) is 11.8 Å². The number of carbonyl (C=O) groups is 2. The number of amides is 2. The number of hydrogen-bond acceptors (Lipinski definition) is 3. The van der Waals surface area contributed by atoms with Crippen molar-refractivity contribution in [3.8, 4) is 5.69 Å². The molecule has 1 aromatic carbocycles. The van der Waals surface area contributed by atoms with Crippen LogP contribution in [0.25, 0.3) is 5.69 Å². The van der Waals surface area contributed by atoms with Crippen LogP contribution in [0.3, 0.4) is 0 Å². The Labute approximate surface area is 123 Å². The highest BCUT2D eigenvalue weighted by Gasteiger charge is 2.03. The van der Waals surface area contributed by atoms with E-state index >= 15 is 0 Å². The molecule has 0 saturated carbocycles. The Hall–Kier alpha value is -2.63. The lowest BCUT2D eigenvalue weighted by molar-refractivity contribution is -0.126. The summed E-state index contributed by atoms with van der Waals surface area (Å²) < 4.78 is 1.91. The SMILES string of the molecule is CCC(=O)NCC(=O)NCc1ccc(-n2ccnc2)cc1. The Bertz CT molecular complexity index is 591. The third-order valence-corrected chi connectivity index (χ3v) is 3.00. The third kappa shape index (κ3) is 4.45. The van der Waals surface area contributed by atoms with Gasteiger partial charge >= 0.3 is 0 Å².